The Kier molecular flexibility index (Phi) is 7.10. The van der Waals surface area contributed by atoms with E-state index in [1.165, 1.54) is 0 Å². The van der Waals surface area contributed by atoms with Crippen molar-refractivity contribution in [2.75, 3.05) is 12.3 Å². The molecule has 0 saturated heterocycles. The molecule has 0 fully saturated rings. The molecule has 0 atom stereocenters. The molecule has 2 nitrogen and oxygen atoms in total. The lowest BCUT2D eigenvalue weighted by molar-refractivity contribution is -0.450. The first-order chi connectivity index (χ1) is 12.4. The molecule has 0 heterocycles. The lowest BCUT2D eigenvalue weighted by atomic mass is 9.91. The van der Waals surface area contributed by atoms with E-state index in [-0.39, 0.29) is 0 Å². The maximum atomic E-state index is 13.3. The van der Waals surface area contributed by atoms with Gasteiger partial charge in [0.15, 0.2) is 0 Å². The smallest absolute Gasteiger partial charge is 0.265 e. The van der Waals surface area contributed by atoms with Gasteiger partial charge in [0.2, 0.25) is 0 Å². The van der Waals surface area contributed by atoms with Crippen LogP contribution in [0, 0.1) is 0 Å². The van der Waals surface area contributed by atoms with E-state index in [9.17, 15) is 75.1 Å². The third kappa shape index (κ3) is 3.77. The van der Waals surface area contributed by atoms with Crippen LogP contribution in [0.2, 0.25) is 0 Å². The van der Waals surface area contributed by atoms with Crippen LogP contribution in [-0.2, 0) is 4.79 Å². The second-order valence-corrected chi connectivity index (χ2v) is 5.51. The molecule has 0 N–H and O–H groups in total. The van der Waals surface area contributed by atoms with Gasteiger partial charge in [0, 0.05) is 5.75 Å². The van der Waals surface area contributed by atoms with E-state index in [1.807, 2.05) is 0 Å². The molecule has 0 aliphatic heterocycles. The van der Waals surface area contributed by atoms with Crippen molar-refractivity contribution in [3.8, 4) is 0 Å². The van der Waals surface area contributed by atoms with Crippen LogP contribution in [0.5, 0.6) is 0 Å². The molecule has 19 heteroatoms. The fraction of sp³-hybridized carbons (Fsp3) is 0.900. The van der Waals surface area contributed by atoms with Gasteiger partial charge >= 0.3 is 47.6 Å². The summed E-state index contributed by atoms with van der Waals surface area (Å²) in [6.45, 7) is -1.65. The van der Waals surface area contributed by atoms with E-state index in [4.69, 9.17) is 0 Å². The number of thiol groups is 1. The quantitative estimate of drug-likeness (QED) is 0.288. The zero-order valence-corrected chi connectivity index (χ0v) is 13.7. The summed E-state index contributed by atoms with van der Waals surface area (Å²) in [4.78, 5) is 10.8. The van der Waals surface area contributed by atoms with Crippen molar-refractivity contribution in [2.24, 2.45) is 0 Å². The van der Waals surface area contributed by atoms with Crippen LogP contribution in [0.4, 0.5) is 70.3 Å². The van der Waals surface area contributed by atoms with Gasteiger partial charge in [-0.2, -0.15) is 83.6 Å². The second-order valence-electron chi connectivity index (χ2n) is 5.06. The Labute approximate surface area is 154 Å². The number of carbonyl (C=O) groups excluding carboxylic acids is 1. The fourth-order valence-corrected chi connectivity index (χ4v) is 1.62. The Hall–Kier alpha value is -1.30. The summed E-state index contributed by atoms with van der Waals surface area (Å²) in [5.74, 6) is -53.9. The predicted octanol–water partition coefficient (Wildman–Crippen LogP) is 5.00. The van der Waals surface area contributed by atoms with E-state index >= 15 is 0 Å². The van der Waals surface area contributed by atoms with Crippen molar-refractivity contribution in [3.05, 3.63) is 0 Å². The minimum absolute atomic E-state index is 0.952. The minimum Gasteiger partial charge on any atom is -0.265 e. The Balaban J connectivity index is 6.54. The number of hydrogen-bond donors (Lipinski definition) is 1. The van der Waals surface area contributed by atoms with Crippen molar-refractivity contribution < 1.29 is 75.1 Å². The highest BCUT2D eigenvalue weighted by Gasteiger charge is 2.94. The molecule has 0 aliphatic rings. The summed E-state index contributed by atoms with van der Waals surface area (Å²) in [6, 6.07) is 0. The molecule has 0 radical (unpaired) electrons. The van der Waals surface area contributed by atoms with Crippen LogP contribution in [0.25, 0.3) is 0 Å². The molecule has 174 valence electrons. The number of halogens is 16. The van der Waals surface area contributed by atoms with Gasteiger partial charge in [-0.25, -0.2) is 0 Å². The summed E-state index contributed by atoms with van der Waals surface area (Å²) in [5.41, 5.74) is 0. The summed E-state index contributed by atoms with van der Waals surface area (Å²) in [7, 11) is 0. The Bertz CT molecular complexity index is 613. The van der Waals surface area contributed by atoms with Crippen LogP contribution in [0.3, 0.4) is 0 Å². The number of nitrogens with zero attached hydrogens (tertiary/aromatic N) is 1. The lowest BCUT2D eigenvalue weighted by Gasteiger charge is -2.41. The molecule has 0 unspecified atom stereocenters. The van der Waals surface area contributed by atoms with Gasteiger partial charge in [0.25, 0.3) is 0 Å². The van der Waals surface area contributed by atoms with Crippen LogP contribution < -0.4 is 0 Å². The zero-order chi connectivity index (χ0) is 24.1. The van der Waals surface area contributed by atoms with Gasteiger partial charge in [-0.15, -0.1) is 0 Å². The first kappa shape index (κ1) is 27.7. The zero-order valence-electron chi connectivity index (χ0n) is 12.8. The maximum Gasteiger partial charge on any atom is 0.460 e. The second kappa shape index (κ2) is 7.44. The van der Waals surface area contributed by atoms with Gasteiger partial charge in [0.05, 0.1) is 6.54 Å². The molecule has 0 rings (SSSR count). The highest BCUT2D eigenvalue weighted by atomic mass is 32.1. The van der Waals surface area contributed by atoms with Crippen LogP contribution in [0.15, 0.2) is 0 Å². The van der Waals surface area contributed by atoms with E-state index in [0.29, 0.717) is 0 Å². The summed E-state index contributed by atoms with van der Waals surface area (Å²) in [6.07, 6.45) is -7.73. The first-order valence-corrected chi connectivity index (χ1v) is 6.95. The normalized spacial score (nSPS) is 15.5. The van der Waals surface area contributed by atoms with Gasteiger partial charge < -0.3 is 0 Å². The molecule has 0 aliphatic carbocycles. The highest BCUT2D eigenvalue weighted by Crippen LogP contribution is 2.62. The van der Waals surface area contributed by atoms with Crippen molar-refractivity contribution >= 4 is 18.5 Å². The van der Waals surface area contributed by atoms with Gasteiger partial charge in [-0.3, -0.25) is 4.79 Å². The standard InChI is InChI=1S/C10H5F16NOS/c11-4(12,3(28)27(26)1-2-29)5(13,14)6(15,16)7(17,18)8(19,20)9(21,22)10(23,24)25/h29H,1-2H2. The minimum atomic E-state index is -8.53. The van der Waals surface area contributed by atoms with Gasteiger partial charge in [-0.05, 0) is 0 Å². The Morgan fingerprint density at radius 1 is 0.621 bits per heavy atom. The fourth-order valence-electron chi connectivity index (χ4n) is 1.44. The predicted molar refractivity (Wildman–Crippen MR) is 62.4 cm³/mol. The molecule has 1 amide bonds. The lowest BCUT2D eigenvalue weighted by Crippen LogP contribution is -2.73. The summed E-state index contributed by atoms with van der Waals surface area (Å²) in [5, 5.41) is -1.97. The molecule has 0 bridgehead atoms. The monoisotopic (exact) mass is 491 g/mol. The molecular weight excluding hydrogens is 486 g/mol. The molecule has 0 spiro atoms. The highest BCUT2D eigenvalue weighted by molar-refractivity contribution is 7.80. The first-order valence-electron chi connectivity index (χ1n) is 6.31. The van der Waals surface area contributed by atoms with Gasteiger partial charge in [-0.1, -0.05) is 4.48 Å². The van der Waals surface area contributed by atoms with Gasteiger partial charge in [0.1, 0.15) is 0 Å². The Morgan fingerprint density at radius 2 is 0.931 bits per heavy atom. The Morgan fingerprint density at radius 3 is 1.24 bits per heavy atom. The molecule has 0 aromatic rings. The average Bonchev–Trinajstić information content (AvgIpc) is 2.52. The third-order valence-electron chi connectivity index (χ3n) is 3.11. The third-order valence-corrected chi connectivity index (χ3v) is 3.31. The number of amides is 1. The van der Waals surface area contributed by atoms with Crippen molar-refractivity contribution in [3.63, 3.8) is 0 Å². The number of carbonyl (C=O) groups is 1. The van der Waals surface area contributed by atoms with E-state index in [2.05, 4.69) is 12.6 Å². The number of rotatable bonds is 8. The van der Waals surface area contributed by atoms with E-state index < -0.39 is 65.0 Å². The molecule has 29 heavy (non-hydrogen) atoms. The summed E-state index contributed by atoms with van der Waals surface area (Å²) < 4.78 is 205. The molecule has 0 aromatic carbocycles. The maximum absolute atomic E-state index is 13.3. The molecule has 0 saturated carbocycles. The van der Waals surface area contributed by atoms with Crippen molar-refractivity contribution in [1.82, 2.24) is 5.12 Å². The topological polar surface area (TPSA) is 20.3 Å². The van der Waals surface area contributed by atoms with E-state index in [0.717, 1.165) is 0 Å². The van der Waals surface area contributed by atoms with E-state index in [1.54, 1.807) is 0 Å². The van der Waals surface area contributed by atoms with Crippen molar-refractivity contribution in [2.45, 2.75) is 41.7 Å². The summed E-state index contributed by atoms with van der Waals surface area (Å²) >= 11 is 3.10. The molecular formula is C10H5F16NOS. The largest absolute Gasteiger partial charge is 0.460 e. The number of alkyl halides is 15. The van der Waals surface area contributed by atoms with Crippen LogP contribution >= 0.6 is 12.6 Å². The number of hydrogen-bond acceptors (Lipinski definition) is 2. The van der Waals surface area contributed by atoms with Crippen LogP contribution in [0.1, 0.15) is 0 Å². The van der Waals surface area contributed by atoms with Crippen molar-refractivity contribution in [1.29, 1.82) is 0 Å². The van der Waals surface area contributed by atoms with Crippen LogP contribution in [-0.4, -0.2) is 65.0 Å². The molecule has 0 aromatic heterocycles. The average molecular weight is 491 g/mol. The SMILES string of the molecule is O=C(N(F)CCS)C(F)(F)C(F)(F)C(F)(F)C(F)(F)C(F)(F)C(F)(F)C(F)(F)F.